The number of halogens is 2. The Morgan fingerprint density at radius 1 is 1.16 bits per heavy atom. The summed E-state index contributed by atoms with van der Waals surface area (Å²) in [4.78, 5) is 0. The van der Waals surface area contributed by atoms with E-state index >= 15 is 0 Å². The Balaban J connectivity index is 0.00000162. The van der Waals surface area contributed by atoms with Crippen molar-refractivity contribution in [3.8, 4) is 5.75 Å². The van der Waals surface area contributed by atoms with Gasteiger partial charge in [0.25, 0.3) is 0 Å². The Morgan fingerprint density at radius 2 is 1.95 bits per heavy atom. The van der Waals surface area contributed by atoms with Crippen molar-refractivity contribution < 1.29 is 4.74 Å². The van der Waals surface area contributed by atoms with Crippen LogP contribution >= 0.6 is 24.8 Å². The summed E-state index contributed by atoms with van der Waals surface area (Å²) in [5.74, 6) is 0.983. The zero-order chi connectivity index (χ0) is 12.1. The summed E-state index contributed by atoms with van der Waals surface area (Å²) in [6.07, 6.45) is 1.06. The van der Waals surface area contributed by atoms with Crippen LogP contribution in [-0.4, -0.2) is 32.3 Å². The quantitative estimate of drug-likeness (QED) is 0.896. The molecule has 1 aliphatic rings. The van der Waals surface area contributed by atoms with Gasteiger partial charge in [-0.3, -0.25) is 0 Å². The molecule has 1 atom stereocenters. The standard InChI is InChI=1S/C14H22N2O.2ClH/c1-11-3-4-14(9-12(11)2)17-8-5-13-10-15-6-7-16-13;;/h3-4,9,13,15-16H,5-8,10H2,1-2H3;2*1H. The molecule has 0 aliphatic carbocycles. The molecule has 1 aromatic rings. The van der Waals surface area contributed by atoms with Gasteiger partial charge in [0.1, 0.15) is 5.75 Å². The van der Waals surface area contributed by atoms with Crippen molar-refractivity contribution in [1.82, 2.24) is 10.6 Å². The SMILES string of the molecule is Cc1ccc(OCCC2CNCCN2)cc1C.Cl.Cl. The van der Waals surface area contributed by atoms with Gasteiger partial charge in [-0.1, -0.05) is 6.07 Å². The van der Waals surface area contributed by atoms with Crippen molar-refractivity contribution in [3.05, 3.63) is 29.3 Å². The van der Waals surface area contributed by atoms with Crippen LogP contribution < -0.4 is 15.4 Å². The highest BCUT2D eigenvalue weighted by molar-refractivity contribution is 5.85. The summed E-state index contributed by atoms with van der Waals surface area (Å²) in [7, 11) is 0. The maximum absolute atomic E-state index is 5.78. The monoisotopic (exact) mass is 306 g/mol. The molecule has 0 saturated carbocycles. The van der Waals surface area contributed by atoms with Crippen LogP contribution in [0, 0.1) is 13.8 Å². The molecule has 5 heteroatoms. The van der Waals surface area contributed by atoms with Gasteiger partial charge in [-0.2, -0.15) is 0 Å². The van der Waals surface area contributed by atoms with Crippen molar-refractivity contribution in [3.63, 3.8) is 0 Å². The van der Waals surface area contributed by atoms with Crippen LogP contribution in [0.3, 0.4) is 0 Å². The van der Waals surface area contributed by atoms with Gasteiger partial charge in [0, 0.05) is 25.7 Å². The van der Waals surface area contributed by atoms with Gasteiger partial charge in [-0.25, -0.2) is 0 Å². The topological polar surface area (TPSA) is 33.3 Å². The molecule has 1 aromatic carbocycles. The highest BCUT2D eigenvalue weighted by Crippen LogP contribution is 2.16. The first kappa shape index (κ1) is 18.5. The third-order valence-electron chi connectivity index (χ3n) is 3.34. The van der Waals surface area contributed by atoms with Gasteiger partial charge in [-0.15, -0.1) is 24.8 Å². The Labute approximate surface area is 128 Å². The van der Waals surface area contributed by atoms with Gasteiger partial charge < -0.3 is 15.4 Å². The van der Waals surface area contributed by atoms with E-state index in [0.717, 1.165) is 38.4 Å². The van der Waals surface area contributed by atoms with E-state index in [-0.39, 0.29) is 24.8 Å². The molecule has 1 saturated heterocycles. The highest BCUT2D eigenvalue weighted by Gasteiger charge is 2.11. The van der Waals surface area contributed by atoms with Crippen LogP contribution in [0.1, 0.15) is 17.5 Å². The van der Waals surface area contributed by atoms with Crippen molar-refractivity contribution in [2.24, 2.45) is 0 Å². The molecule has 2 rings (SSSR count). The number of benzene rings is 1. The molecule has 2 N–H and O–H groups in total. The van der Waals surface area contributed by atoms with Crippen LogP contribution in [-0.2, 0) is 0 Å². The molecule has 0 aromatic heterocycles. The van der Waals surface area contributed by atoms with E-state index in [2.05, 4.69) is 42.7 Å². The second-order valence-corrected chi connectivity index (χ2v) is 4.74. The molecule has 1 unspecified atom stereocenters. The lowest BCUT2D eigenvalue weighted by atomic mass is 10.1. The summed E-state index contributed by atoms with van der Waals surface area (Å²) < 4.78 is 5.78. The third-order valence-corrected chi connectivity index (χ3v) is 3.34. The molecule has 1 aliphatic heterocycles. The minimum Gasteiger partial charge on any atom is -0.494 e. The van der Waals surface area contributed by atoms with E-state index in [1.807, 2.05) is 0 Å². The number of rotatable bonds is 4. The summed E-state index contributed by atoms with van der Waals surface area (Å²) >= 11 is 0. The predicted octanol–water partition coefficient (Wildman–Crippen LogP) is 2.48. The largest absolute Gasteiger partial charge is 0.494 e. The van der Waals surface area contributed by atoms with Crippen LogP contribution in [0.2, 0.25) is 0 Å². The number of piperazine rings is 1. The fraction of sp³-hybridized carbons (Fsp3) is 0.571. The van der Waals surface area contributed by atoms with Crippen molar-refractivity contribution in [2.45, 2.75) is 26.3 Å². The van der Waals surface area contributed by atoms with Crippen molar-refractivity contribution >= 4 is 24.8 Å². The summed E-state index contributed by atoms with van der Waals surface area (Å²) in [6.45, 7) is 8.21. The Morgan fingerprint density at radius 3 is 2.58 bits per heavy atom. The predicted molar refractivity (Wildman–Crippen MR) is 85.2 cm³/mol. The summed E-state index contributed by atoms with van der Waals surface area (Å²) in [6, 6.07) is 6.83. The third kappa shape index (κ3) is 6.00. The van der Waals surface area contributed by atoms with Gasteiger partial charge >= 0.3 is 0 Å². The van der Waals surface area contributed by atoms with Crippen LogP contribution in [0.15, 0.2) is 18.2 Å². The molecule has 19 heavy (non-hydrogen) atoms. The molecular formula is C14H24Cl2N2O. The van der Waals surface area contributed by atoms with E-state index in [1.54, 1.807) is 0 Å². The van der Waals surface area contributed by atoms with Crippen LogP contribution in [0.25, 0.3) is 0 Å². The smallest absolute Gasteiger partial charge is 0.119 e. The average molecular weight is 307 g/mol. The fourth-order valence-electron chi connectivity index (χ4n) is 2.04. The first-order valence-electron chi connectivity index (χ1n) is 6.40. The second-order valence-electron chi connectivity index (χ2n) is 4.74. The Hall–Kier alpha value is -0.480. The van der Waals surface area contributed by atoms with E-state index in [4.69, 9.17) is 4.74 Å². The first-order chi connectivity index (χ1) is 8.25. The normalized spacial score (nSPS) is 18.1. The highest BCUT2D eigenvalue weighted by atomic mass is 35.5. The van der Waals surface area contributed by atoms with Crippen LogP contribution in [0.4, 0.5) is 0 Å². The molecule has 1 heterocycles. The van der Waals surface area contributed by atoms with Gasteiger partial charge in [0.2, 0.25) is 0 Å². The van der Waals surface area contributed by atoms with E-state index in [0.29, 0.717) is 6.04 Å². The molecule has 3 nitrogen and oxygen atoms in total. The molecule has 1 fully saturated rings. The number of nitrogens with one attached hydrogen (secondary N) is 2. The zero-order valence-corrected chi connectivity index (χ0v) is 13.2. The molecule has 0 bridgehead atoms. The first-order valence-corrected chi connectivity index (χ1v) is 6.40. The molecule has 110 valence electrons. The summed E-state index contributed by atoms with van der Waals surface area (Å²) in [5.41, 5.74) is 2.61. The van der Waals surface area contributed by atoms with Gasteiger partial charge in [0.15, 0.2) is 0 Å². The van der Waals surface area contributed by atoms with Crippen LogP contribution in [0.5, 0.6) is 5.75 Å². The number of ether oxygens (including phenoxy) is 1. The zero-order valence-electron chi connectivity index (χ0n) is 11.6. The second kappa shape index (κ2) is 9.43. The lowest BCUT2D eigenvalue weighted by molar-refractivity contribution is 0.273. The number of aryl methyl sites for hydroxylation is 2. The van der Waals surface area contributed by atoms with E-state index in [9.17, 15) is 0 Å². The lowest BCUT2D eigenvalue weighted by Gasteiger charge is -2.24. The number of hydrogen-bond acceptors (Lipinski definition) is 3. The van der Waals surface area contributed by atoms with Crippen molar-refractivity contribution in [1.29, 1.82) is 0 Å². The molecule has 0 spiro atoms. The fourth-order valence-corrected chi connectivity index (χ4v) is 2.04. The van der Waals surface area contributed by atoms with Gasteiger partial charge in [-0.05, 0) is 43.5 Å². The molecule has 0 radical (unpaired) electrons. The lowest BCUT2D eigenvalue weighted by Crippen LogP contribution is -2.48. The Kier molecular flexibility index (Phi) is 9.19. The molecular weight excluding hydrogens is 283 g/mol. The Bertz CT molecular complexity index is 368. The van der Waals surface area contributed by atoms with Gasteiger partial charge in [0.05, 0.1) is 6.61 Å². The van der Waals surface area contributed by atoms with E-state index < -0.39 is 0 Å². The molecule has 0 amide bonds. The maximum Gasteiger partial charge on any atom is 0.119 e. The maximum atomic E-state index is 5.78. The minimum atomic E-state index is 0. The number of hydrogen-bond donors (Lipinski definition) is 2. The summed E-state index contributed by atoms with van der Waals surface area (Å²) in [5, 5.41) is 6.87. The van der Waals surface area contributed by atoms with E-state index in [1.165, 1.54) is 11.1 Å². The van der Waals surface area contributed by atoms with Crippen molar-refractivity contribution in [2.75, 3.05) is 26.2 Å². The average Bonchev–Trinajstić information content (AvgIpc) is 2.35. The minimum absolute atomic E-state index is 0.